The van der Waals surface area contributed by atoms with Crippen LogP contribution in [0.3, 0.4) is 0 Å². The first-order chi connectivity index (χ1) is 17.3. The van der Waals surface area contributed by atoms with Crippen LogP contribution in [0.25, 0.3) is 0 Å². The second kappa shape index (κ2) is 13.1. The summed E-state index contributed by atoms with van der Waals surface area (Å²) in [6.07, 6.45) is 2.38. The standard InChI is InChI=1S/C26H30ClN5O3S/c1-5-13-32-24(22(14-17(2)3)29-25(34)20-11-6-7-12-21(20)27)30-31-26(32)36-16-23(33)28-18-9-8-10-19(15-18)35-4/h5-12,15,17,22H,1,13-14,16H2,2-4H3,(H,28,33)(H,29,34)/t22-/m1/s1. The summed E-state index contributed by atoms with van der Waals surface area (Å²) in [5.74, 6) is 1.19. The SMILES string of the molecule is C=CCn1c(SCC(=O)Nc2cccc(OC)c2)nnc1[C@@H](CC(C)C)NC(=O)c1ccccc1Cl. The largest absolute Gasteiger partial charge is 0.497 e. The lowest BCUT2D eigenvalue weighted by Crippen LogP contribution is -2.32. The van der Waals surface area contributed by atoms with Gasteiger partial charge < -0.3 is 19.9 Å². The molecule has 8 nitrogen and oxygen atoms in total. The van der Waals surface area contributed by atoms with Crippen molar-refractivity contribution in [2.75, 3.05) is 18.2 Å². The Kier molecular flexibility index (Phi) is 9.95. The molecule has 1 heterocycles. The number of halogens is 1. The Morgan fingerprint density at radius 1 is 1.19 bits per heavy atom. The van der Waals surface area contributed by atoms with E-state index in [1.54, 1.807) is 55.7 Å². The number of carbonyl (C=O) groups excluding carboxylic acids is 2. The summed E-state index contributed by atoms with van der Waals surface area (Å²) in [5, 5.41) is 15.6. The number of aromatic nitrogens is 3. The third-order valence-electron chi connectivity index (χ3n) is 5.19. The summed E-state index contributed by atoms with van der Waals surface area (Å²) < 4.78 is 7.07. The minimum Gasteiger partial charge on any atom is -0.497 e. The van der Waals surface area contributed by atoms with E-state index in [0.29, 0.717) is 46.0 Å². The monoisotopic (exact) mass is 527 g/mol. The van der Waals surface area contributed by atoms with E-state index in [-0.39, 0.29) is 23.5 Å². The van der Waals surface area contributed by atoms with E-state index in [4.69, 9.17) is 16.3 Å². The lowest BCUT2D eigenvalue weighted by Gasteiger charge is -2.21. The molecular formula is C26H30ClN5O3S. The molecule has 2 aromatic carbocycles. The zero-order chi connectivity index (χ0) is 26.1. The molecule has 36 heavy (non-hydrogen) atoms. The fraction of sp³-hybridized carbons (Fsp3) is 0.308. The van der Waals surface area contributed by atoms with E-state index in [1.165, 1.54) is 11.8 Å². The van der Waals surface area contributed by atoms with E-state index >= 15 is 0 Å². The average Bonchev–Trinajstić information content (AvgIpc) is 3.25. The van der Waals surface area contributed by atoms with Gasteiger partial charge in [-0.05, 0) is 36.6 Å². The number of ether oxygens (including phenoxy) is 1. The van der Waals surface area contributed by atoms with Crippen LogP contribution in [0.15, 0.2) is 66.3 Å². The van der Waals surface area contributed by atoms with E-state index in [2.05, 4.69) is 41.3 Å². The molecule has 190 valence electrons. The Labute approximate surface area is 220 Å². The summed E-state index contributed by atoms with van der Waals surface area (Å²) in [6, 6.07) is 13.7. The van der Waals surface area contributed by atoms with E-state index in [9.17, 15) is 9.59 Å². The quantitative estimate of drug-likeness (QED) is 0.242. The van der Waals surface area contributed by atoms with Gasteiger partial charge in [0, 0.05) is 18.3 Å². The van der Waals surface area contributed by atoms with E-state index < -0.39 is 6.04 Å². The van der Waals surface area contributed by atoms with Gasteiger partial charge in [0.15, 0.2) is 11.0 Å². The number of hydrogen-bond donors (Lipinski definition) is 2. The average molecular weight is 528 g/mol. The Hall–Kier alpha value is -3.30. The molecule has 0 bridgehead atoms. The van der Waals surface area contributed by atoms with Gasteiger partial charge in [-0.25, -0.2) is 0 Å². The Morgan fingerprint density at radius 2 is 1.97 bits per heavy atom. The zero-order valence-electron chi connectivity index (χ0n) is 20.5. The summed E-state index contributed by atoms with van der Waals surface area (Å²) >= 11 is 7.49. The predicted octanol–water partition coefficient (Wildman–Crippen LogP) is 5.37. The first-order valence-electron chi connectivity index (χ1n) is 11.5. The van der Waals surface area contributed by atoms with Gasteiger partial charge in [0.2, 0.25) is 5.91 Å². The third kappa shape index (κ3) is 7.35. The number of methoxy groups -OCH3 is 1. The van der Waals surface area contributed by atoms with E-state index in [0.717, 1.165) is 0 Å². The van der Waals surface area contributed by atoms with Crippen molar-refractivity contribution in [1.29, 1.82) is 0 Å². The van der Waals surface area contributed by atoms with Crippen molar-refractivity contribution in [2.24, 2.45) is 5.92 Å². The van der Waals surface area contributed by atoms with Crippen molar-refractivity contribution in [1.82, 2.24) is 20.1 Å². The van der Waals surface area contributed by atoms with Crippen molar-refractivity contribution < 1.29 is 14.3 Å². The van der Waals surface area contributed by atoms with Crippen LogP contribution in [0.5, 0.6) is 5.75 Å². The second-order valence-corrected chi connectivity index (χ2v) is 9.79. The lowest BCUT2D eigenvalue weighted by molar-refractivity contribution is -0.113. The lowest BCUT2D eigenvalue weighted by atomic mass is 10.0. The van der Waals surface area contributed by atoms with Crippen molar-refractivity contribution >= 4 is 40.9 Å². The molecule has 0 aliphatic heterocycles. The zero-order valence-corrected chi connectivity index (χ0v) is 22.1. The number of amides is 2. The molecule has 0 saturated heterocycles. The van der Waals surface area contributed by atoms with Crippen molar-refractivity contribution in [3.8, 4) is 5.75 Å². The summed E-state index contributed by atoms with van der Waals surface area (Å²) in [6.45, 7) is 8.42. The number of carbonyl (C=O) groups is 2. The molecule has 0 fully saturated rings. The van der Waals surface area contributed by atoms with Crippen LogP contribution in [0.4, 0.5) is 5.69 Å². The first-order valence-corrected chi connectivity index (χ1v) is 12.8. The highest BCUT2D eigenvalue weighted by Crippen LogP contribution is 2.26. The van der Waals surface area contributed by atoms with Crippen LogP contribution < -0.4 is 15.4 Å². The number of nitrogens with zero attached hydrogens (tertiary/aromatic N) is 3. The summed E-state index contributed by atoms with van der Waals surface area (Å²) in [7, 11) is 1.57. The number of anilines is 1. The van der Waals surface area contributed by atoms with Crippen LogP contribution in [0.1, 0.15) is 42.5 Å². The second-order valence-electron chi connectivity index (χ2n) is 8.44. The topological polar surface area (TPSA) is 98.1 Å². The molecule has 1 atom stereocenters. The van der Waals surface area contributed by atoms with Gasteiger partial charge in [0.25, 0.3) is 5.91 Å². The van der Waals surface area contributed by atoms with Crippen LogP contribution in [0.2, 0.25) is 5.02 Å². The van der Waals surface area contributed by atoms with Gasteiger partial charge in [-0.2, -0.15) is 0 Å². The number of allylic oxidation sites excluding steroid dienone is 1. The highest BCUT2D eigenvalue weighted by molar-refractivity contribution is 7.99. The number of rotatable bonds is 12. The molecule has 0 aliphatic carbocycles. The molecule has 3 rings (SSSR count). The van der Waals surface area contributed by atoms with Crippen LogP contribution in [-0.2, 0) is 11.3 Å². The van der Waals surface area contributed by atoms with Crippen LogP contribution >= 0.6 is 23.4 Å². The number of nitrogens with one attached hydrogen (secondary N) is 2. The fourth-order valence-corrected chi connectivity index (χ4v) is 4.55. The molecule has 2 N–H and O–H groups in total. The highest BCUT2D eigenvalue weighted by atomic mass is 35.5. The van der Waals surface area contributed by atoms with Crippen molar-refractivity contribution in [2.45, 2.75) is 38.0 Å². The van der Waals surface area contributed by atoms with Crippen molar-refractivity contribution in [3.63, 3.8) is 0 Å². The van der Waals surface area contributed by atoms with Gasteiger partial charge in [-0.1, -0.05) is 61.5 Å². The molecule has 0 saturated carbocycles. The van der Waals surface area contributed by atoms with Crippen LogP contribution in [-0.4, -0.2) is 39.4 Å². The maximum absolute atomic E-state index is 13.0. The number of thioether (sulfide) groups is 1. The minimum atomic E-state index is -0.402. The normalized spacial score (nSPS) is 11.7. The summed E-state index contributed by atoms with van der Waals surface area (Å²) in [4.78, 5) is 25.6. The van der Waals surface area contributed by atoms with Crippen molar-refractivity contribution in [3.05, 3.63) is 77.6 Å². The molecular weight excluding hydrogens is 498 g/mol. The molecule has 3 aromatic rings. The molecule has 1 aromatic heterocycles. The highest BCUT2D eigenvalue weighted by Gasteiger charge is 2.25. The van der Waals surface area contributed by atoms with Gasteiger partial charge in [-0.15, -0.1) is 16.8 Å². The third-order valence-corrected chi connectivity index (χ3v) is 6.48. The molecule has 10 heteroatoms. The number of benzene rings is 2. The summed E-state index contributed by atoms with van der Waals surface area (Å²) in [5.41, 5.74) is 1.04. The smallest absolute Gasteiger partial charge is 0.253 e. The molecule has 0 radical (unpaired) electrons. The maximum Gasteiger partial charge on any atom is 0.253 e. The van der Waals surface area contributed by atoms with Gasteiger partial charge in [0.1, 0.15) is 5.75 Å². The van der Waals surface area contributed by atoms with Gasteiger partial charge in [-0.3, -0.25) is 9.59 Å². The Bertz CT molecular complexity index is 1210. The van der Waals surface area contributed by atoms with E-state index in [1.807, 2.05) is 10.6 Å². The molecule has 0 unspecified atom stereocenters. The Balaban J connectivity index is 1.77. The molecule has 0 spiro atoms. The Morgan fingerprint density at radius 3 is 2.67 bits per heavy atom. The maximum atomic E-state index is 13.0. The fourth-order valence-electron chi connectivity index (χ4n) is 3.57. The molecule has 2 amide bonds. The predicted molar refractivity (Wildman–Crippen MR) is 144 cm³/mol. The van der Waals surface area contributed by atoms with Gasteiger partial charge >= 0.3 is 0 Å². The minimum absolute atomic E-state index is 0.132. The number of hydrogen-bond acceptors (Lipinski definition) is 6. The van der Waals surface area contributed by atoms with Gasteiger partial charge in [0.05, 0.1) is 29.5 Å². The van der Waals surface area contributed by atoms with Crippen LogP contribution in [0, 0.1) is 5.92 Å². The first kappa shape index (κ1) is 27.3. The molecule has 0 aliphatic rings.